The van der Waals surface area contributed by atoms with Crippen LogP contribution in [0.4, 0.5) is 9.59 Å². The highest BCUT2D eigenvalue weighted by Crippen LogP contribution is 2.30. The summed E-state index contributed by atoms with van der Waals surface area (Å²) in [6.07, 6.45) is 8.71. The van der Waals surface area contributed by atoms with Gasteiger partial charge in [0.2, 0.25) is 0 Å². The molecule has 9 nitrogen and oxygen atoms in total. The molecule has 0 radical (unpaired) electrons. The van der Waals surface area contributed by atoms with Crippen LogP contribution in [-0.2, 0) is 23.7 Å². The van der Waals surface area contributed by atoms with Gasteiger partial charge in [-0.25, -0.2) is 9.59 Å². The standard InChI is InChI=1S/C25H45NO8/c1-4-32-24(29)26(21(19-27)15-11-6-7-12-16-23(28)31-3)18-17-22(34-25(30)33-5-2)20-13-9-8-10-14-20/h20-22,27H,4-19H2,1-3H3. The van der Waals surface area contributed by atoms with Crippen LogP contribution in [0.1, 0.15) is 90.9 Å². The van der Waals surface area contributed by atoms with Gasteiger partial charge in [-0.2, -0.15) is 0 Å². The number of ether oxygens (including phenoxy) is 4. The highest BCUT2D eigenvalue weighted by molar-refractivity contribution is 5.69. The van der Waals surface area contributed by atoms with Gasteiger partial charge >= 0.3 is 18.2 Å². The van der Waals surface area contributed by atoms with E-state index in [2.05, 4.69) is 4.74 Å². The molecule has 1 saturated carbocycles. The number of carbonyl (C=O) groups excluding carboxylic acids is 3. The molecule has 198 valence electrons. The van der Waals surface area contributed by atoms with Crippen molar-refractivity contribution in [2.24, 2.45) is 5.92 Å². The first kappa shape index (κ1) is 30.0. The van der Waals surface area contributed by atoms with Crippen LogP contribution in [0, 0.1) is 5.92 Å². The molecule has 1 amide bonds. The summed E-state index contributed by atoms with van der Waals surface area (Å²) in [6, 6.07) is -0.380. The van der Waals surface area contributed by atoms with Gasteiger partial charge in [0.15, 0.2) is 0 Å². The number of aliphatic hydroxyl groups excluding tert-OH is 1. The third kappa shape index (κ3) is 11.9. The minimum atomic E-state index is -0.675. The van der Waals surface area contributed by atoms with Crippen molar-refractivity contribution in [3.8, 4) is 0 Å². The molecule has 1 fully saturated rings. The molecular weight excluding hydrogens is 442 g/mol. The number of esters is 1. The van der Waals surface area contributed by atoms with Crippen LogP contribution in [-0.4, -0.2) is 73.8 Å². The van der Waals surface area contributed by atoms with E-state index in [0.29, 0.717) is 25.8 Å². The van der Waals surface area contributed by atoms with E-state index in [9.17, 15) is 19.5 Å². The third-order valence-corrected chi connectivity index (χ3v) is 6.39. The topological polar surface area (TPSA) is 112 Å². The van der Waals surface area contributed by atoms with Crippen LogP contribution in [0.25, 0.3) is 0 Å². The van der Waals surface area contributed by atoms with E-state index in [1.807, 2.05) is 0 Å². The minimum absolute atomic E-state index is 0.173. The molecule has 2 unspecified atom stereocenters. The smallest absolute Gasteiger partial charge is 0.469 e. The highest BCUT2D eigenvalue weighted by Gasteiger charge is 2.31. The number of hydrogen-bond acceptors (Lipinski definition) is 8. The van der Waals surface area contributed by atoms with Gasteiger partial charge in [0.25, 0.3) is 0 Å². The Bertz CT molecular complexity index is 579. The SMILES string of the molecule is CCOC(=O)OC(CCN(C(=O)OCC)C(CO)CCCCCCC(=O)OC)C1CCCCC1. The van der Waals surface area contributed by atoms with Crippen molar-refractivity contribution in [2.45, 2.75) is 103 Å². The lowest BCUT2D eigenvalue weighted by Gasteiger charge is -2.34. The van der Waals surface area contributed by atoms with Gasteiger partial charge in [-0.15, -0.1) is 0 Å². The molecule has 0 aromatic rings. The van der Waals surface area contributed by atoms with Crippen LogP contribution in [0.2, 0.25) is 0 Å². The van der Waals surface area contributed by atoms with Crippen molar-refractivity contribution in [2.75, 3.05) is 33.5 Å². The third-order valence-electron chi connectivity index (χ3n) is 6.39. The van der Waals surface area contributed by atoms with Crippen LogP contribution in [0.5, 0.6) is 0 Å². The van der Waals surface area contributed by atoms with E-state index >= 15 is 0 Å². The summed E-state index contributed by atoms with van der Waals surface area (Å²) in [5.74, 6) is 0.0314. The van der Waals surface area contributed by atoms with E-state index in [0.717, 1.165) is 51.4 Å². The summed E-state index contributed by atoms with van der Waals surface area (Å²) in [5.41, 5.74) is 0. The Morgan fingerprint density at radius 1 is 0.941 bits per heavy atom. The number of methoxy groups -OCH3 is 1. The molecule has 2 atom stereocenters. The van der Waals surface area contributed by atoms with Crippen LogP contribution in [0.3, 0.4) is 0 Å². The lowest BCUT2D eigenvalue weighted by molar-refractivity contribution is -0.140. The highest BCUT2D eigenvalue weighted by atomic mass is 16.7. The number of amides is 1. The maximum absolute atomic E-state index is 12.7. The first-order chi connectivity index (χ1) is 16.5. The number of unbranched alkanes of at least 4 members (excludes halogenated alkanes) is 3. The van der Waals surface area contributed by atoms with E-state index in [1.54, 1.807) is 18.7 Å². The predicted molar refractivity (Wildman–Crippen MR) is 127 cm³/mol. The maximum Gasteiger partial charge on any atom is 0.508 e. The molecule has 9 heteroatoms. The number of hydrogen-bond donors (Lipinski definition) is 1. The number of carbonyl (C=O) groups is 3. The Kier molecular flexibility index (Phi) is 16.2. The van der Waals surface area contributed by atoms with Gasteiger partial charge in [-0.1, -0.05) is 38.5 Å². The largest absolute Gasteiger partial charge is 0.508 e. The maximum atomic E-state index is 12.7. The molecule has 0 aliphatic heterocycles. The van der Waals surface area contributed by atoms with Crippen molar-refractivity contribution in [1.82, 2.24) is 4.90 Å². The Labute approximate surface area is 204 Å². The van der Waals surface area contributed by atoms with E-state index in [1.165, 1.54) is 13.5 Å². The van der Waals surface area contributed by atoms with Gasteiger partial charge < -0.3 is 29.0 Å². The number of rotatable bonds is 16. The average molecular weight is 488 g/mol. The first-order valence-corrected chi connectivity index (χ1v) is 12.9. The summed E-state index contributed by atoms with van der Waals surface area (Å²) >= 11 is 0. The lowest BCUT2D eigenvalue weighted by Crippen LogP contribution is -2.45. The fourth-order valence-electron chi connectivity index (χ4n) is 4.52. The first-order valence-electron chi connectivity index (χ1n) is 12.9. The van der Waals surface area contributed by atoms with Gasteiger partial charge in [0, 0.05) is 19.4 Å². The molecule has 0 saturated heterocycles. The zero-order chi connectivity index (χ0) is 25.2. The summed E-state index contributed by atoms with van der Waals surface area (Å²) < 4.78 is 20.6. The molecule has 0 aromatic heterocycles. The normalized spacial score (nSPS) is 15.8. The second kappa shape index (κ2) is 18.3. The Balaban J connectivity index is 2.71. The van der Waals surface area contributed by atoms with Gasteiger partial charge in [0.05, 0.1) is 33.0 Å². The van der Waals surface area contributed by atoms with Crippen LogP contribution < -0.4 is 0 Å². The zero-order valence-corrected chi connectivity index (χ0v) is 21.3. The Hall–Kier alpha value is -2.03. The Morgan fingerprint density at radius 2 is 1.62 bits per heavy atom. The summed E-state index contributed by atoms with van der Waals surface area (Å²) in [6.45, 7) is 4.13. The second-order valence-electron chi connectivity index (χ2n) is 8.78. The quantitative estimate of drug-likeness (QED) is 0.187. The molecule has 0 aromatic carbocycles. The van der Waals surface area contributed by atoms with E-state index in [-0.39, 0.29) is 43.9 Å². The monoisotopic (exact) mass is 487 g/mol. The molecule has 1 aliphatic carbocycles. The second-order valence-corrected chi connectivity index (χ2v) is 8.78. The molecule has 1 rings (SSSR count). The van der Waals surface area contributed by atoms with Gasteiger partial charge in [0.1, 0.15) is 6.10 Å². The van der Waals surface area contributed by atoms with Crippen LogP contribution >= 0.6 is 0 Å². The van der Waals surface area contributed by atoms with Gasteiger partial charge in [-0.05, 0) is 45.4 Å². The predicted octanol–water partition coefficient (Wildman–Crippen LogP) is 4.83. The van der Waals surface area contributed by atoms with Gasteiger partial charge in [-0.3, -0.25) is 4.79 Å². The summed E-state index contributed by atoms with van der Waals surface area (Å²) in [4.78, 5) is 37.5. The van der Waals surface area contributed by atoms with Crippen molar-refractivity contribution in [3.63, 3.8) is 0 Å². The molecule has 0 bridgehead atoms. The average Bonchev–Trinajstić information content (AvgIpc) is 2.84. The van der Waals surface area contributed by atoms with Crippen molar-refractivity contribution >= 4 is 18.2 Å². The van der Waals surface area contributed by atoms with Crippen molar-refractivity contribution < 1.29 is 38.4 Å². The molecule has 1 aliphatic rings. The zero-order valence-electron chi connectivity index (χ0n) is 21.3. The van der Waals surface area contributed by atoms with Crippen molar-refractivity contribution in [1.29, 1.82) is 0 Å². The fourth-order valence-corrected chi connectivity index (χ4v) is 4.52. The Morgan fingerprint density at radius 3 is 2.24 bits per heavy atom. The van der Waals surface area contributed by atoms with Crippen LogP contribution in [0.15, 0.2) is 0 Å². The minimum Gasteiger partial charge on any atom is -0.469 e. The summed E-state index contributed by atoms with van der Waals surface area (Å²) in [5, 5.41) is 10.0. The molecule has 0 heterocycles. The lowest BCUT2D eigenvalue weighted by atomic mass is 9.84. The number of nitrogens with zero attached hydrogens (tertiary/aromatic N) is 1. The fraction of sp³-hybridized carbons (Fsp3) is 0.880. The molecular formula is C25H45NO8. The molecule has 34 heavy (non-hydrogen) atoms. The van der Waals surface area contributed by atoms with E-state index in [4.69, 9.17) is 14.2 Å². The molecule has 1 N–H and O–H groups in total. The summed E-state index contributed by atoms with van der Waals surface area (Å²) in [7, 11) is 1.38. The molecule has 0 spiro atoms. The van der Waals surface area contributed by atoms with E-state index < -0.39 is 12.2 Å². The van der Waals surface area contributed by atoms with Crippen molar-refractivity contribution in [3.05, 3.63) is 0 Å². The number of aliphatic hydroxyl groups is 1.